The molecule has 1 aliphatic heterocycles. The fraction of sp³-hybridized carbons (Fsp3) is 0. The van der Waals surface area contributed by atoms with Crippen molar-refractivity contribution in [3.63, 3.8) is 0 Å². The summed E-state index contributed by atoms with van der Waals surface area (Å²) >= 11 is 5.76. The molecule has 0 amide bonds. The van der Waals surface area contributed by atoms with E-state index in [4.69, 9.17) is 11.6 Å². The molecular formula is C7H7ClN4. The Morgan fingerprint density at radius 3 is 2.58 bits per heavy atom. The molecule has 1 aliphatic rings. The summed E-state index contributed by atoms with van der Waals surface area (Å²) in [6.45, 7) is 0. The summed E-state index contributed by atoms with van der Waals surface area (Å²) in [5.41, 5.74) is 6.26. The van der Waals surface area contributed by atoms with Crippen molar-refractivity contribution < 1.29 is 0 Å². The number of benzene rings is 1. The summed E-state index contributed by atoms with van der Waals surface area (Å²) < 4.78 is 0. The standard InChI is InChI=1S/C7H7ClN4/c8-7-9-10-11-12(7)6-4-2-1-3-5-6/h1-5,10-11H. The highest BCUT2D eigenvalue weighted by molar-refractivity contribution is 6.67. The molecule has 0 fully saturated rings. The van der Waals surface area contributed by atoms with Crippen LogP contribution in [-0.2, 0) is 0 Å². The van der Waals surface area contributed by atoms with Gasteiger partial charge in [-0.25, -0.2) is 10.5 Å². The first-order valence-corrected chi connectivity index (χ1v) is 3.85. The number of nitrogens with one attached hydrogen (secondary N) is 2. The minimum absolute atomic E-state index is 0.376. The SMILES string of the molecule is ClC1=NNNN1c1ccccc1. The van der Waals surface area contributed by atoms with E-state index in [9.17, 15) is 0 Å². The Morgan fingerprint density at radius 2 is 2.00 bits per heavy atom. The van der Waals surface area contributed by atoms with Crippen molar-refractivity contribution in [1.82, 2.24) is 11.1 Å². The van der Waals surface area contributed by atoms with Gasteiger partial charge < -0.3 is 0 Å². The second kappa shape index (κ2) is 3.00. The fourth-order valence-corrected chi connectivity index (χ4v) is 1.15. The van der Waals surface area contributed by atoms with Crippen LogP contribution in [0.4, 0.5) is 5.69 Å². The maximum absolute atomic E-state index is 5.76. The highest BCUT2D eigenvalue weighted by Gasteiger charge is 2.14. The van der Waals surface area contributed by atoms with E-state index in [0.717, 1.165) is 5.69 Å². The average molecular weight is 183 g/mol. The largest absolute Gasteiger partial charge is 0.238 e. The average Bonchev–Trinajstić information content (AvgIpc) is 2.53. The maximum atomic E-state index is 5.76. The van der Waals surface area contributed by atoms with E-state index in [1.807, 2.05) is 30.3 Å². The van der Waals surface area contributed by atoms with E-state index < -0.39 is 0 Å². The van der Waals surface area contributed by atoms with Crippen LogP contribution in [-0.4, -0.2) is 5.29 Å². The van der Waals surface area contributed by atoms with E-state index >= 15 is 0 Å². The van der Waals surface area contributed by atoms with Crippen molar-refractivity contribution in [1.29, 1.82) is 0 Å². The Bertz CT molecular complexity index is 298. The van der Waals surface area contributed by atoms with E-state index in [2.05, 4.69) is 16.2 Å². The van der Waals surface area contributed by atoms with Gasteiger partial charge in [-0.2, -0.15) is 0 Å². The number of hydrazone groups is 1. The number of halogens is 1. The normalized spacial score (nSPS) is 15.8. The van der Waals surface area contributed by atoms with Crippen LogP contribution in [0.15, 0.2) is 35.4 Å². The molecule has 0 saturated carbocycles. The first kappa shape index (κ1) is 7.39. The zero-order chi connectivity index (χ0) is 8.39. The monoisotopic (exact) mass is 182 g/mol. The Hall–Kier alpha value is -1.26. The third-order valence-corrected chi connectivity index (χ3v) is 1.76. The summed E-state index contributed by atoms with van der Waals surface area (Å²) in [5, 5.41) is 5.76. The van der Waals surface area contributed by atoms with Crippen LogP contribution >= 0.6 is 11.6 Å². The van der Waals surface area contributed by atoms with Gasteiger partial charge in [-0.15, -0.1) is 10.6 Å². The molecule has 4 nitrogen and oxygen atoms in total. The molecule has 1 aromatic rings. The molecule has 5 heteroatoms. The lowest BCUT2D eigenvalue weighted by Gasteiger charge is -2.14. The Morgan fingerprint density at radius 1 is 1.25 bits per heavy atom. The smallest absolute Gasteiger partial charge is 0.229 e. The third-order valence-electron chi connectivity index (χ3n) is 1.51. The van der Waals surface area contributed by atoms with Gasteiger partial charge in [0.2, 0.25) is 5.29 Å². The minimum Gasteiger partial charge on any atom is -0.229 e. The van der Waals surface area contributed by atoms with E-state index in [1.54, 1.807) is 5.01 Å². The molecule has 0 aromatic heterocycles. The van der Waals surface area contributed by atoms with Crippen LogP contribution in [0, 0.1) is 0 Å². The molecule has 0 unspecified atom stereocenters. The topological polar surface area (TPSA) is 39.7 Å². The summed E-state index contributed by atoms with van der Waals surface area (Å²) in [4.78, 5) is 0. The predicted molar refractivity (Wildman–Crippen MR) is 48.5 cm³/mol. The predicted octanol–water partition coefficient (Wildman–Crippen LogP) is 1.03. The van der Waals surface area contributed by atoms with Crippen LogP contribution in [0.3, 0.4) is 0 Å². The van der Waals surface area contributed by atoms with Gasteiger partial charge in [0.25, 0.3) is 0 Å². The summed E-state index contributed by atoms with van der Waals surface area (Å²) in [6.07, 6.45) is 0. The summed E-state index contributed by atoms with van der Waals surface area (Å²) in [5.74, 6) is 0. The van der Waals surface area contributed by atoms with Gasteiger partial charge in [-0.3, -0.25) is 0 Å². The van der Waals surface area contributed by atoms with Gasteiger partial charge >= 0.3 is 0 Å². The minimum atomic E-state index is 0.376. The highest BCUT2D eigenvalue weighted by Crippen LogP contribution is 2.13. The molecule has 0 bridgehead atoms. The third kappa shape index (κ3) is 1.22. The molecule has 12 heavy (non-hydrogen) atoms. The molecular weight excluding hydrogens is 176 g/mol. The van der Waals surface area contributed by atoms with Crippen LogP contribution < -0.4 is 16.1 Å². The first-order chi connectivity index (χ1) is 5.88. The molecule has 0 atom stereocenters. The molecule has 0 saturated heterocycles. The van der Waals surface area contributed by atoms with Crippen molar-refractivity contribution in [2.24, 2.45) is 5.10 Å². The van der Waals surface area contributed by atoms with Crippen molar-refractivity contribution in [3.05, 3.63) is 30.3 Å². The van der Waals surface area contributed by atoms with Crippen LogP contribution in [0.2, 0.25) is 0 Å². The second-order valence-corrected chi connectivity index (χ2v) is 2.61. The highest BCUT2D eigenvalue weighted by atomic mass is 35.5. The van der Waals surface area contributed by atoms with Gasteiger partial charge in [0, 0.05) is 0 Å². The molecule has 0 radical (unpaired) electrons. The number of hydrogen-bond acceptors (Lipinski definition) is 4. The molecule has 2 rings (SSSR count). The molecule has 62 valence electrons. The zero-order valence-corrected chi connectivity index (χ0v) is 6.92. The quantitative estimate of drug-likeness (QED) is 0.638. The molecule has 0 aliphatic carbocycles. The van der Waals surface area contributed by atoms with E-state index in [-0.39, 0.29) is 0 Å². The number of hydrogen-bond donors (Lipinski definition) is 2. The van der Waals surface area contributed by atoms with Gasteiger partial charge in [-0.05, 0) is 23.7 Å². The van der Waals surface area contributed by atoms with Crippen molar-refractivity contribution >= 4 is 22.6 Å². The van der Waals surface area contributed by atoms with Gasteiger partial charge in [0.15, 0.2) is 0 Å². The Labute approximate surface area is 74.8 Å². The van der Waals surface area contributed by atoms with E-state index in [0.29, 0.717) is 5.29 Å². The molecule has 0 spiro atoms. The van der Waals surface area contributed by atoms with Gasteiger partial charge in [0.05, 0.1) is 5.69 Å². The summed E-state index contributed by atoms with van der Waals surface area (Å²) in [6, 6.07) is 9.66. The number of rotatable bonds is 1. The lowest BCUT2D eigenvalue weighted by Crippen LogP contribution is -2.39. The lowest BCUT2D eigenvalue weighted by molar-refractivity contribution is 0.623. The van der Waals surface area contributed by atoms with Crippen LogP contribution in [0.5, 0.6) is 0 Å². The van der Waals surface area contributed by atoms with Crippen molar-refractivity contribution in [3.8, 4) is 0 Å². The van der Waals surface area contributed by atoms with Crippen molar-refractivity contribution in [2.45, 2.75) is 0 Å². The van der Waals surface area contributed by atoms with E-state index in [1.165, 1.54) is 0 Å². The number of nitrogens with zero attached hydrogens (tertiary/aromatic N) is 2. The fourth-order valence-electron chi connectivity index (χ4n) is 0.965. The van der Waals surface area contributed by atoms with Crippen molar-refractivity contribution in [2.75, 3.05) is 5.01 Å². The number of anilines is 1. The number of hydrazine groups is 2. The van der Waals surface area contributed by atoms with Crippen LogP contribution in [0.25, 0.3) is 0 Å². The molecule has 1 heterocycles. The zero-order valence-electron chi connectivity index (χ0n) is 6.16. The lowest BCUT2D eigenvalue weighted by atomic mass is 10.3. The first-order valence-electron chi connectivity index (χ1n) is 3.47. The Kier molecular flexibility index (Phi) is 1.85. The number of amidine groups is 1. The van der Waals surface area contributed by atoms with Gasteiger partial charge in [0.1, 0.15) is 0 Å². The Balaban J connectivity index is 2.27. The second-order valence-electron chi connectivity index (χ2n) is 2.28. The molecule has 1 aromatic carbocycles. The van der Waals surface area contributed by atoms with Gasteiger partial charge in [-0.1, -0.05) is 18.2 Å². The molecule has 2 N–H and O–H groups in total. The maximum Gasteiger partial charge on any atom is 0.238 e. The summed E-state index contributed by atoms with van der Waals surface area (Å²) in [7, 11) is 0. The number of para-hydroxylation sites is 1. The van der Waals surface area contributed by atoms with Crippen LogP contribution in [0.1, 0.15) is 0 Å².